The van der Waals surface area contributed by atoms with Crippen LogP contribution in [-0.4, -0.2) is 25.1 Å². The van der Waals surface area contributed by atoms with Crippen molar-refractivity contribution in [1.29, 1.82) is 0 Å². The molecular weight excluding hydrogens is 266 g/mol. The average molecular weight is 286 g/mol. The molecule has 0 aliphatic rings. The van der Waals surface area contributed by atoms with Crippen LogP contribution in [0.15, 0.2) is 12.1 Å². The highest BCUT2D eigenvalue weighted by atomic mass is 19.1. The fourth-order valence-corrected chi connectivity index (χ4v) is 1.65. The van der Waals surface area contributed by atoms with Crippen molar-refractivity contribution in [3.8, 4) is 5.75 Å². The quantitative estimate of drug-likeness (QED) is 0.870. The molecule has 0 heterocycles. The number of hydrogen-bond donors (Lipinski definition) is 2. The summed E-state index contributed by atoms with van der Waals surface area (Å²) in [6, 6.07) is 2.35. The number of amides is 1. The molecule has 112 valence electrons. The maximum atomic E-state index is 13.7. The first-order valence-corrected chi connectivity index (χ1v) is 6.29. The minimum absolute atomic E-state index is 0.346. The van der Waals surface area contributed by atoms with E-state index in [1.807, 2.05) is 0 Å². The molecule has 0 bridgehead atoms. The predicted molar refractivity (Wildman–Crippen MR) is 72.5 cm³/mol. The van der Waals surface area contributed by atoms with E-state index in [9.17, 15) is 13.6 Å². The summed E-state index contributed by atoms with van der Waals surface area (Å²) in [5.41, 5.74) is 0.0442. The van der Waals surface area contributed by atoms with Crippen LogP contribution in [0.1, 0.15) is 26.3 Å². The highest BCUT2D eigenvalue weighted by molar-refractivity contribution is 5.78. The van der Waals surface area contributed by atoms with E-state index in [0.717, 1.165) is 0 Å². The zero-order chi connectivity index (χ0) is 15.3. The summed E-state index contributed by atoms with van der Waals surface area (Å²) >= 11 is 0. The summed E-state index contributed by atoms with van der Waals surface area (Å²) in [5.74, 6) is -2.61. The molecule has 0 fully saturated rings. The van der Waals surface area contributed by atoms with Crippen LogP contribution in [0.5, 0.6) is 5.75 Å². The van der Waals surface area contributed by atoms with Crippen LogP contribution in [-0.2, 0) is 11.3 Å². The minimum atomic E-state index is -0.821. The summed E-state index contributed by atoms with van der Waals surface area (Å²) < 4.78 is 32.3. The van der Waals surface area contributed by atoms with Gasteiger partial charge in [-0.05, 0) is 45.5 Å². The Labute approximate surface area is 117 Å². The monoisotopic (exact) mass is 286 g/mol. The summed E-state index contributed by atoms with van der Waals surface area (Å²) in [6.45, 7) is 5.32. The van der Waals surface area contributed by atoms with Gasteiger partial charge in [0.1, 0.15) is 0 Å². The molecular formula is C14H20F2N2O2. The molecule has 2 N–H and O–H groups in total. The minimum Gasteiger partial charge on any atom is -0.478 e. The molecule has 1 aromatic rings. The topological polar surface area (TPSA) is 50.4 Å². The lowest BCUT2D eigenvalue weighted by Crippen LogP contribution is -2.43. The van der Waals surface area contributed by atoms with Gasteiger partial charge in [0.25, 0.3) is 5.91 Å². The Hall–Kier alpha value is -1.69. The second kappa shape index (κ2) is 6.65. The summed E-state index contributed by atoms with van der Waals surface area (Å²) in [7, 11) is 1.68. The second-order valence-electron chi connectivity index (χ2n) is 5.51. The van der Waals surface area contributed by atoms with Gasteiger partial charge in [-0.25, -0.2) is 8.78 Å². The lowest BCUT2D eigenvalue weighted by molar-refractivity contribution is -0.124. The SMILES string of the molecule is CNCc1cc(F)c(OCC(=O)NC(C)(C)C)c(F)c1. The van der Waals surface area contributed by atoms with Gasteiger partial charge in [0.15, 0.2) is 24.0 Å². The van der Waals surface area contributed by atoms with E-state index in [2.05, 4.69) is 10.6 Å². The van der Waals surface area contributed by atoms with Gasteiger partial charge in [-0.3, -0.25) is 4.79 Å². The fourth-order valence-electron chi connectivity index (χ4n) is 1.65. The molecule has 0 unspecified atom stereocenters. The summed E-state index contributed by atoms with van der Waals surface area (Å²) in [5, 5.41) is 5.44. The number of halogens is 2. The van der Waals surface area contributed by atoms with E-state index in [-0.39, 0.29) is 0 Å². The molecule has 6 heteroatoms. The van der Waals surface area contributed by atoms with Crippen molar-refractivity contribution in [1.82, 2.24) is 10.6 Å². The van der Waals surface area contributed by atoms with Crippen LogP contribution < -0.4 is 15.4 Å². The van der Waals surface area contributed by atoms with Crippen LogP contribution in [0.25, 0.3) is 0 Å². The molecule has 0 spiro atoms. The number of rotatable bonds is 5. The fraction of sp³-hybridized carbons (Fsp3) is 0.500. The standard InChI is InChI=1S/C14H20F2N2O2/c1-14(2,3)18-12(19)8-20-13-10(15)5-9(7-17-4)6-11(13)16/h5-6,17H,7-8H2,1-4H3,(H,18,19). The van der Waals surface area contributed by atoms with Gasteiger partial charge < -0.3 is 15.4 Å². The zero-order valence-corrected chi connectivity index (χ0v) is 12.1. The number of hydrogen-bond acceptors (Lipinski definition) is 3. The number of ether oxygens (including phenoxy) is 1. The van der Waals surface area contributed by atoms with Crippen molar-refractivity contribution in [3.63, 3.8) is 0 Å². The maximum absolute atomic E-state index is 13.7. The first-order valence-electron chi connectivity index (χ1n) is 6.29. The van der Waals surface area contributed by atoms with Crippen molar-refractivity contribution in [3.05, 3.63) is 29.3 Å². The molecule has 0 aliphatic carbocycles. The third-order valence-electron chi connectivity index (χ3n) is 2.30. The molecule has 4 nitrogen and oxygen atoms in total. The van der Waals surface area contributed by atoms with Gasteiger partial charge in [-0.2, -0.15) is 0 Å². The van der Waals surface area contributed by atoms with Gasteiger partial charge in [0.05, 0.1) is 0 Å². The Kier molecular flexibility index (Phi) is 5.44. The Morgan fingerprint density at radius 1 is 1.25 bits per heavy atom. The number of carbonyl (C=O) groups excluding carboxylic acids is 1. The van der Waals surface area contributed by atoms with E-state index in [0.29, 0.717) is 12.1 Å². The van der Waals surface area contributed by atoms with Crippen LogP contribution in [0.3, 0.4) is 0 Å². The molecule has 0 saturated carbocycles. The smallest absolute Gasteiger partial charge is 0.258 e. The van der Waals surface area contributed by atoms with Gasteiger partial charge >= 0.3 is 0 Å². The highest BCUT2D eigenvalue weighted by Gasteiger charge is 2.17. The first kappa shape index (κ1) is 16.4. The number of benzene rings is 1. The maximum Gasteiger partial charge on any atom is 0.258 e. The lowest BCUT2D eigenvalue weighted by Gasteiger charge is -2.20. The normalized spacial score (nSPS) is 11.3. The Morgan fingerprint density at radius 3 is 2.25 bits per heavy atom. The Balaban J connectivity index is 2.71. The molecule has 0 radical (unpaired) electrons. The van der Waals surface area contributed by atoms with Crippen LogP contribution in [0, 0.1) is 11.6 Å². The van der Waals surface area contributed by atoms with Gasteiger partial charge in [-0.15, -0.1) is 0 Å². The van der Waals surface area contributed by atoms with E-state index < -0.39 is 35.4 Å². The van der Waals surface area contributed by atoms with Gasteiger partial charge in [0.2, 0.25) is 0 Å². The first-order chi connectivity index (χ1) is 9.23. The second-order valence-corrected chi connectivity index (χ2v) is 5.51. The molecule has 0 atom stereocenters. The lowest BCUT2D eigenvalue weighted by atomic mass is 10.1. The third kappa shape index (κ3) is 5.13. The zero-order valence-electron chi connectivity index (χ0n) is 12.1. The molecule has 0 saturated heterocycles. The Bertz CT molecular complexity index is 462. The third-order valence-corrected chi connectivity index (χ3v) is 2.30. The molecule has 0 aliphatic heterocycles. The summed E-state index contributed by atoms with van der Waals surface area (Å²) in [4.78, 5) is 11.5. The molecule has 20 heavy (non-hydrogen) atoms. The molecule has 1 rings (SSSR count). The highest BCUT2D eigenvalue weighted by Crippen LogP contribution is 2.23. The van der Waals surface area contributed by atoms with E-state index in [1.165, 1.54) is 12.1 Å². The predicted octanol–water partition coefficient (Wildman–Crippen LogP) is 1.98. The average Bonchev–Trinajstić information content (AvgIpc) is 2.25. The number of nitrogens with one attached hydrogen (secondary N) is 2. The molecule has 1 amide bonds. The number of carbonyl (C=O) groups is 1. The van der Waals surface area contributed by atoms with E-state index >= 15 is 0 Å². The van der Waals surface area contributed by atoms with Gasteiger partial charge in [0, 0.05) is 12.1 Å². The molecule has 0 aromatic heterocycles. The van der Waals surface area contributed by atoms with Crippen LogP contribution in [0.2, 0.25) is 0 Å². The van der Waals surface area contributed by atoms with Crippen LogP contribution >= 0.6 is 0 Å². The van der Waals surface area contributed by atoms with Crippen LogP contribution in [0.4, 0.5) is 8.78 Å². The van der Waals surface area contributed by atoms with E-state index in [4.69, 9.17) is 4.74 Å². The largest absolute Gasteiger partial charge is 0.478 e. The summed E-state index contributed by atoms with van der Waals surface area (Å²) in [6.07, 6.45) is 0. The van der Waals surface area contributed by atoms with Crippen molar-refractivity contribution in [2.75, 3.05) is 13.7 Å². The van der Waals surface area contributed by atoms with Gasteiger partial charge in [-0.1, -0.05) is 0 Å². The van der Waals surface area contributed by atoms with E-state index in [1.54, 1.807) is 27.8 Å². The van der Waals surface area contributed by atoms with Crippen molar-refractivity contribution in [2.45, 2.75) is 32.9 Å². The van der Waals surface area contributed by atoms with Crippen molar-refractivity contribution < 1.29 is 18.3 Å². The van der Waals surface area contributed by atoms with Crippen molar-refractivity contribution >= 4 is 5.91 Å². The van der Waals surface area contributed by atoms with Crippen molar-refractivity contribution in [2.24, 2.45) is 0 Å². The Morgan fingerprint density at radius 2 is 1.80 bits per heavy atom. The molecule has 1 aromatic carbocycles.